The van der Waals surface area contributed by atoms with Gasteiger partial charge in [-0.15, -0.1) is 11.3 Å². The van der Waals surface area contributed by atoms with Crippen LogP contribution in [0, 0.1) is 0 Å². The Labute approximate surface area is 210 Å². The van der Waals surface area contributed by atoms with Crippen LogP contribution in [0.5, 0.6) is 0 Å². The van der Waals surface area contributed by atoms with E-state index in [1.165, 1.54) is 22.7 Å². The summed E-state index contributed by atoms with van der Waals surface area (Å²) in [5.74, 6) is -0.466. The van der Waals surface area contributed by atoms with E-state index in [9.17, 15) is 9.59 Å². The van der Waals surface area contributed by atoms with E-state index in [0.29, 0.717) is 20.6 Å². The number of hydrogen-bond donors (Lipinski definition) is 0. The first-order chi connectivity index (χ1) is 17.1. The number of allylic oxidation sites excluding steroid dienone is 2. The third-order valence-electron chi connectivity index (χ3n) is 5.60. The van der Waals surface area contributed by atoms with Crippen LogP contribution in [0.1, 0.15) is 29.0 Å². The van der Waals surface area contributed by atoms with Gasteiger partial charge >= 0.3 is 5.97 Å². The fraction of sp³-hybridized carbons (Fsp3) is 0.107. The molecule has 0 saturated heterocycles. The van der Waals surface area contributed by atoms with E-state index in [1.54, 1.807) is 17.6 Å². The van der Waals surface area contributed by atoms with E-state index < -0.39 is 12.0 Å². The van der Waals surface area contributed by atoms with Gasteiger partial charge in [-0.2, -0.15) is 0 Å². The highest BCUT2D eigenvalue weighted by Crippen LogP contribution is 2.33. The number of fused-ring (bicyclic) bond motifs is 1. The monoisotopic (exact) mass is 498 g/mol. The highest BCUT2D eigenvalue weighted by molar-refractivity contribution is 7.10. The second-order valence-electron chi connectivity index (χ2n) is 7.95. The molecular weight excluding hydrogens is 476 g/mol. The minimum atomic E-state index is -0.574. The van der Waals surface area contributed by atoms with E-state index in [0.717, 1.165) is 16.0 Å². The molecule has 1 atom stereocenters. The number of hydrogen-bond acceptors (Lipinski definition) is 6. The minimum Gasteiger partial charge on any atom is -0.457 e. The fourth-order valence-electron chi connectivity index (χ4n) is 3.92. The van der Waals surface area contributed by atoms with Crippen LogP contribution in [-0.2, 0) is 16.1 Å². The van der Waals surface area contributed by atoms with Gasteiger partial charge in [0.1, 0.15) is 12.6 Å². The summed E-state index contributed by atoms with van der Waals surface area (Å²) in [4.78, 5) is 32.9. The van der Waals surface area contributed by atoms with Crippen molar-refractivity contribution in [3.63, 3.8) is 0 Å². The molecule has 4 aromatic rings. The highest BCUT2D eigenvalue weighted by Gasteiger charge is 2.34. The lowest BCUT2D eigenvalue weighted by Gasteiger charge is -2.23. The summed E-state index contributed by atoms with van der Waals surface area (Å²) in [7, 11) is 0. The lowest BCUT2D eigenvalue weighted by atomic mass is 10.0. The summed E-state index contributed by atoms with van der Waals surface area (Å²) in [6.07, 6.45) is 5.62. The first-order valence-corrected chi connectivity index (χ1v) is 12.8. The molecule has 0 radical (unpaired) electrons. The number of aromatic nitrogens is 1. The molecule has 0 spiro atoms. The third kappa shape index (κ3) is 4.87. The predicted molar refractivity (Wildman–Crippen MR) is 141 cm³/mol. The van der Waals surface area contributed by atoms with Gasteiger partial charge in [-0.25, -0.2) is 9.79 Å². The van der Waals surface area contributed by atoms with Gasteiger partial charge in [0.25, 0.3) is 5.56 Å². The number of nitrogens with zero attached hydrogens (tertiary/aromatic N) is 2. The lowest BCUT2D eigenvalue weighted by molar-refractivity contribution is -0.140. The van der Waals surface area contributed by atoms with Crippen molar-refractivity contribution in [2.75, 3.05) is 0 Å². The summed E-state index contributed by atoms with van der Waals surface area (Å²) in [6.45, 7) is 1.95. The molecule has 0 bridgehead atoms. The Balaban J connectivity index is 1.52. The zero-order chi connectivity index (χ0) is 24.2. The zero-order valence-electron chi connectivity index (χ0n) is 19.0. The van der Waals surface area contributed by atoms with E-state index in [4.69, 9.17) is 4.74 Å². The van der Waals surface area contributed by atoms with Crippen molar-refractivity contribution >= 4 is 40.8 Å². The standard InChI is InChI=1S/C28H22N2O3S2/c1-19-24(27(32)33-18-21-12-6-3-7-13-21)25(22-16-9-17-34-22)30-26(31)23(35-28(30)29-19)15-8-14-20-10-4-2-5-11-20/h2-17,25H,18H2,1H3/b14-8-,23-15-/t25-/m1/s1. The molecule has 0 unspecified atom stereocenters. The molecule has 0 fully saturated rings. The molecule has 174 valence electrons. The number of benzene rings is 2. The first kappa shape index (κ1) is 23.0. The summed E-state index contributed by atoms with van der Waals surface area (Å²) in [6, 6.07) is 22.7. The molecule has 1 aliphatic rings. The summed E-state index contributed by atoms with van der Waals surface area (Å²) in [5.41, 5.74) is 2.73. The maximum atomic E-state index is 13.5. The topological polar surface area (TPSA) is 60.7 Å². The maximum absolute atomic E-state index is 13.5. The van der Waals surface area contributed by atoms with Crippen LogP contribution in [0.2, 0.25) is 0 Å². The lowest BCUT2D eigenvalue weighted by Crippen LogP contribution is -2.39. The van der Waals surface area contributed by atoms with Crippen LogP contribution in [0.25, 0.3) is 12.2 Å². The van der Waals surface area contributed by atoms with Crippen LogP contribution in [0.15, 0.2) is 105 Å². The molecule has 0 amide bonds. The van der Waals surface area contributed by atoms with Gasteiger partial charge in [-0.3, -0.25) is 9.36 Å². The Hall–Kier alpha value is -3.81. The van der Waals surface area contributed by atoms with E-state index >= 15 is 0 Å². The van der Waals surface area contributed by atoms with Crippen LogP contribution in [0.3, 0.4) is 0 Å². The molecule has 35 heavy (non-hydrogen) atoms. The van der Waals surface area contributed by atoms with Crippen LogP contribution in [-0.4, -0.2) is 10.5 Å². The zero-order valence-corrected chi connectivity index (χ0v) is 20.6. The second-order valence-corrected chi connectivity index (χ2v) is 9.94. The van der Waals surface area contributed by atoms with Crippen molar-refractivity contribution in [3.8, 4) is 0 Å². The van der Waals surface area contributed by atoms with Crippen LogP contribution >= 0.6 is 22.7 Å². The summed E-state index contributed by atoms with van der Waals surface area (Å²) in [5, 5.41) is 1.94. The molecule has 2 aromatic heterocycles. The Morgan fingerprint density at radius 3 is 2.51 bits per heavy atom. The van der Waals surface area contributed by atoms with Crippen molar-refractivity contribution in [2.24, 2.45) is 4.99 Å². The first-order valence-electron chi connectivity index (χ1n) is 11.1. The van der Waals surface area contributed by atoms with Gasteiger partial charge in [0.15, 0.2) is 4.80 Å². The molecule has 5 rings (SSSR count). The summed E-state index contributed by atoms with van der Waals surface area (Å²) >= 11 is 2.82. The summed E-state index contributed by atoms with van der Waals surface area (Å²) < 4.78 is 7.83. The van der Waals surface area contributed by atoms with Gasteiger partial charge < -0.3 is 4.74 Å². The number of ether oxygens (including phenoxy) is 1. The smallest absolute Gasteiger partial charge is 0.338 e. The fourth-order valence-corrected chi connectivity index (χ4v) is 5.75. The normalized spacial score (nSPS) is 15.8. The molecule has 5 nitrogen and oxygen atoms in total. The molecule has 0 saturated carbocycles. The van der Waals surface area contributed by atoms with Crippen molar-refractivity contribution in [2.45, 2.75) is 19.6 Å². The largest absolute Gasteiger partial charge is 0.457 e. The predicted octanol–water partition coefficient (Wildman–Crippen LogP) is 4.71. The molecule has 1 aliphatic heterocycles. The van der Waals surface area contributed by atoms with Gasteiger partial charge in [-0.1, -0.05) is 90.2 Å². The average Bonchev–Trinajstić information content (AvgIpc) is 3.52. The van der Waals surface area contributed by atoms with Gasteiger partial charge in [0, 0.05) is 4.88 Å². The van der Waals surface area contributed by atoms with Crippen LogP contribution in [0.4, 0.5) is 0 Å². The van der Waals surface area contributed by atoms with Crippen molar-refractivity contribution in [1.29, 1.82) is 0 Å². The van der Waals surface area contributed by atoms with E-state index in [1.807, 2.05) is 90.3 Å². The van der Waals surface area contributed by atoms with E-state index in [2.05, 4.69) is 4.99 Å². The third-order valence-corrected chi connectivity index (χ3v) is 7.53. The van der Waals surface area contributed by atoms with Gasteiger partial charge in [0.2, 0.25) is 0 Å². The van der Waals surface area contributed by atoms with Crippen LogP contribution < -0.4 is 14.9 Å². The average molecular weight is 499 g/mol. The maximum Gasteiger partial charge on any atom is 0.338 e. The Morgan fingerprint density at radius 2 is 1.80 bits per heavy atom. The second kappa shape index (κ2) is 10.2. The number of rotatable bonds is 6. The van der Waals surface area contributed by atoms with Crippen molar-refractivity contribution in [1.82, 2.24) is 4.57 Å². The number of thiazole rings is 1. The molecule has 3 heterocycles. The Morgan fingerprint density at radius 1 is 1.06 bits per heavy atom. The number of thiophene rings is 1. The Bertz CT molecular complexity index is 1580. The molecule has 0 aliphatic carbocycles. The molecule has 2 aromatic carbocycles. The molecule has 7 heteroatoms. The quantitative estimate of drug-likeness (QED) is 0.362. The van der Waals surface area contributed by atoms with E-state index in [-0.39, 0.29) is 12.2 Å². The van der Waals surface area contributed by atoms with Gasteiger partial charge in [-0.05, 0) is 35.6 Å². The van der Waals surface area contributed by atoms with Crippen molar-refractivity contribution in [3.05, 3.63) is 131 Å². The SMILES string of the molecule is CC1=C(C(=O)OCc2ccccc2)[C@@H](c2cccs2)n2c(s/c(=C\C=C/c3ccccc3)c2=O)=N1. The van der Waals surface area contributed by atoms with Gasteiger partial charge in [0.05, 0.1) is 15.8 Å². The van der Waals surface area contributed by atoms with Crippen molar-refractivity contribution < 1.29 is 9.53 Å². The number of esters is 1. The number of carbonyl (C=O) groups excluding carboxylic acids is 1. The molecule has 0 N–H and O–H groups in total. The Kier molecular flexibility index (Phi) is 6.70. The minimum absolute atomic E-state index is 0.155. The molecular formula is C28H22N2O3S2. The number of carbonyl (C=O) groups is 1. The highest BCUT2D eigenvalue weighted by atomic mass is 32.1.